The van der Waals surface area contributed by atoms with Gasteiger partial charge in [-0.1, -0.05) is 67.6 Å². The van der Waals surface area contributed by atoms with Crippen molar-refractivity contribution in [3.63, 3.8) is 0 Å². The zero-order chi connectivity index (χ0) is 27.1. The Morgan fingerprint density at radius 2 is 1.52 bits per heavy atom. The van der Waals surface area contributed by atoms with Crippen molar-refractivity contribution in [2.75, 3.05) is 0 Å². The summed E-state index contributed by atoms with van der Waals surface area (Å²) in [7, 11) is 2.07. The first kappa shape index (κ1) is 24.0. The van der Waals surface area contributed by atoms with Gasteiger partial charge in [0.05, 0.1) is 22.1 Å². The van der Waals surface area contributed by atoms with Gasteiger partial charge >= 0.3 is 0 Å². The Hall–Kier alpha value is -5.11. The average Bonchev–Trinajstić information content (AvgIpc) is 3.72. The minimum absolute atomic E-state index is 0.590. The smallest absolute Gasteiger partial charge is 0.205 e. The molecule has 0 amide bonds. The molecule has 0 atom stereocenters. The Labute approximate surface area is 231 Å². The predicted octanol–water partition coefficient (Wildman–Crippen LogP) is 6.44. The molecule has 0 saturated heterocycles. The molecule has 0 radical (unpaired) electrons. The number of nitrogens with zero attached hydrogens (tertiary/aromatic N) is 7. The van der Waals surface area contributed by atoms with Gasteiger partial charge in [-0.15, -0.1) is 10.2 Å². The van der Waals surface area contributed by atoms with E-state index in [2.05, 4.69) is 110 Å². The lowest BCUT2D eigenvalue weighted by atomic mass is 9.98. The number of aromatic nitrogens is 8. The largest absolute Gasteiger partial charge is 0.327 e. The third-order valence-electron chi connectivity index (χ3n) is 7.47. The third-order valence-corrected chi connectivity index (χ3v) is 7.47. The molecule has 8 nitrogen and oxygen atoms in total. The molecular formula is C32H28N8. The standard InChI is InChI=1S/C32H28N8/c1-3-8-30-33-27-19-23(32-34-26-11-6-7-12-28(26)39(32)2)17-18-29(27)40(30)20-21-13-15-22(16-14-21)24-9-4-5-10-25(24)31-35-37-38-36-31/h4-7,9-19H,3,8,20H2,1-2H3,(H,35,36,37,38). The molecule has 0 unspecified atom stereocenters. The molecule has 0 fully saturated rings. The summed E-state index contributed by atoms with van der Waals surface area (Å²) in [6.45, 7) is 2.95. The average molecular weight is 525 g/mol. The van der Waals surface area contributed by atoms with Gasteiger partial charge in [0.25, 0.3) is 0 Å². The van der Waals surface area contributed by atoms with E-state index >= 15 is 0 Å². The van der Waals surface area contributed by atoms with Gasteiger partial charge in [-0.2, -0.15) is 5.21 Å². The van der Waals surface area contributed by atoms with E-state index in [0.717, 1.165) is 75.4 Å². The fraction of sp³-hybridized carbons (Fsp3) is 0.156. The van der Waals surface area contributed by atoms with Crippen LogP contribution in [-0.2, 0) is 20.0 Å². The number of hydrogen-bond donors (Lipinski definition) is 1. The second kappa shape index (κ2) is 9.89. The highest BCUT2D eigenvalue weighted by molar-refractivity contribution is 5.85. The SMILES string of the molecule is CCCc1nc2cc(-c3nc4ccccc4n3C)ccc2n1Cc1ccc(-c2ccccc2-c2nn[nH]n2)cc1. The first-order valence-electron chi connectivity index (χ1n) is 13.5. The number of benzene rings is 4. The molecule has 4 aromatic carbocycles. The minimum Gasteiger partial charge on any atom is -0.327 e. The van der Waals surface area contributed by atoms with Gasteiger partial charge in [-0.25, -0.2) is 9.97 Å². The Bertz CT molecular complexity index is 1950. The summed E-state index contributed by atoms with van der Waals surface area (Å²) in [6, 6.07) is 31.6. The van der Waals surface area contributed by atoms with Crippen LogP contribution in [-0.4, -0.2) is 39.7 Å². The monoisotopic (exact) mass is 524 g/mol. The predicted molar refractivity (Wildman–Crippen MR) is 158 cm³/mol. The molecule has 0 bridgehead atoms. The number of imidazole rings is 2. The van der Waals surface area contributed by atoms with Gasteiger partial charge in [0, 0.05) is 31.1 Å². The van der Waals surface area contributed by atoms with E-state index in [0.29, 0.717) is 5.82 Å². The number of H-pyrrole nitrogens is 1. The second-order valence-electron chi connectivity index (χ2n) is 10.0. The van der Waals surface area contributed by atoms with Crippen molar-refractivity contribution in [3.05, 3.63) is 102 Å². The van der Waals surface area contributed by atoms with E-state index in [9.17, 15) is 0 Å². The zero-order valence-electron chi connectivity index (χ0n) is 22.4. The van der Waals surface area contributed by atoms with E-state index in [1.807, 2.05) is 24.3 Å². The molecule has 8 heteroatoms. The van der Waals surface area contributed by atoms with Gasteiger partial charge < -0.3 is 9.13 Å². The maximum absolute atomic E-state index is 5.08. The van der Waals surface area contributed by atoms with Crippen molar-refractivity contribution < 1.29 is 0 Å². The summed E-state index contributed by atoms with van der Waals surface area (Å²) in [6.07, 6.45) is 1.96. The molecule has 1 N–H and O–H groups in total. The van der Waals surface area contributed by atoms with Crippen molar-refractivity contribution in [3.8, 4) is 33.9 Å². The van der Waals surface area contributed by atoms with Gasteiger partial charge in [-0.05, 0) is 58.7 Å². The van der Waals surface area contributed by atoms with Crippen LogP contribution >= 0.6 is 0 Å². The van der Waals surface area contributed by atoms with Gasteiger partial charge in [0.1, 0.15) is 11.6 Å². The number of rotatable bonds is 7. The molecule has 0 aliphatic heterocycles. The molecule has 7 aromatic rings. The quantitative estimate of drug-likeness (QED) is 0.259. The lowest BCUT2D eigenvalue weighted by Crippen LogP contribution is -2.05. The maximum Gasteiger partial charge on any atom is 0.205 e. The fourth-order valence-corrected chi connectivity index (χ4v) is 5.49. The molecule has 7 rings (SSSR count). The number of hydrogen-bond acceptors (Lipinski definition) is 5. The number of aromatic amines is 1. The summed E-state index contributed by atoms with van der Waals surface area (Å²) in [5.74, 6) is 2.64. The van der Waals surface area contributed by atoms with E-state index in [-0.39, 0.29) is 0 Å². The van der Waals surface area contributed by atoms with Crippen LogP contribution in [0.15, 0.2) is 91.0 Å². The molecule has 196 valence electrons. The van der Waals surface area contributed by atoms with Crippen molar-refractivity contribution in [1.29, 1.82) is 0 Å². The molecule has 0 aliphatic rings. The van der Waals surface area contributed by atoms with Crippen LogP contribution in [0.5, 0.6) is 0 Å². The van der Waals surface area contributed by atoms with E-state index in [4.69, 9.17) is 9.97 Å². The number of nitrogens with one attached hydrogen (secondary N) is 1. The maximum atomic E-state index is 5.08. The van der Waals surface area contributed by atoms with Crippen LogP contribution in [0.4, 0.5) is 0 Å². The van der Waals surface area contributed by atoms with Crippen LogP contribution in [0.2, 0.25) is 0 Å². The number of aryl methyl sites for hydroxylation is 2. The van der Waals surface area contributed by atoms with E-state index in [1.165, 1.54) is 5.56 Å². The Balaban J connectivity index is 1.23. The number of fused-ring (bicyclic) bond motifs is 2. The Morgan fingerprint density at radius 3 is 2.30 bits per heavy atom. The lowest BCUT2D eigenvalue weighted by Gasteiger charge is -2.11. The third kappa shape index (κ3) is 4.14. The van der Waals surface area contributed by atoms with Crippen molar-refractivity contribution in [1.82, 2.24) is 39.7 Å². The highest BCUT2D eigenvalue weighted by Gasteiger charge is 2.16. The van der Waals surface area contributed by atoms with Crippen LogP contribution in [0.3, 0.4) is 0 Å². The first-order chi connectivity index (χ1) is 19.7. The first-order valence-corrected chi connectivity index (χ1v) is 13.5. The molecule has 3 heterocycles. The second-order valence-corrected chi connectivity index (χ2v) is 10.0. The van der Waals surface area contributed by atoms with Gasteiger partial charge in [0.2, 0.25) is 5.82 Å². The summed E-state index contributed by atoms with van der Waals surface area (Å²) in [5, 5.41) is 14.6. The van der Waals surface area contributed by atoms with E-state index in [1.54, 1.807) is 0 Å². The Morgan fingerprint density at radius 1 is 0.750 bits per heavy atom. The molecule has 0 aliphatic carbocycles. The van der Waals surface area contributed by atoms with Crippen LogP contribution in [0, 0.1) is 0 Å². The van der Waals surface area contributed by atoms with Gasteiger partial charge in [-0.3, -0.25) is 0 Å². The highest BCUT2D eigenvalue weighted by Crippen LogP contribution is 2.31. The molecular weight excluding hydrogens is 496 g/mol. The van der Waals surface area contributed by atoms with Gasteiger partial charge in [0.15, 0.2) is 0 Å². The summed E-state index contributed by atoms with van der Waals surface area (Å²) in [5.41, 5.74) is 9.69. The van der Waals surface area contributed by atoms with Crippen LogP contribution in [0.1, 0.15) is 24.7 Å². The topological polar surface area (TPSA) is 90.1 Å². The number of para-hydroxylation sites is 2. The van der Waals surface area contributed by atoms with Crippen molar-refractivity contribution in [2.45, 2.75) is 26.3 Å². The zero-order valence-corrected chi connectivity index (χ0v) is 22.4. The highest BCUT2D eigenvalue weighted by atomic mass is 15.5. The summed E-state index contributed by atoms with van der Waals surface area (Å²) in [4.78, 5) is 9.97. The lowest BCUT2D eigenvalue weighted by molar-refractivity contribution is 0.722. The van der Waals surface area contributed by atoms with Crippen molar-refractivity contribution >= 4 is 22.1 Å². The fourth-order valence-electron chi connectivity index (χ4n) is 5.49. The minimum atomic E-state index is 0.590. The van der Waals surface area contributed by atoms with Crippen LogP contribution < -0.4 is 0 Å². The Kier molecular flexibility index (Phi) is 5.92. The molecule has 0 saturated carbocycles. The summed E-state index contributed by atoms with van der Waals surface area (Å²) < 4.78 is 4.50. The molecule has 0 spiro atoms. The molecule has 3 aromatic heterocycles. The summed E-state index contributed by atoms with van der Waals surface area (Å²) >= 11 is 0. The van der Waals surface area contributed by atoms with Crippen LogP contribution in [0.25, 0.3) is 56.0 Å². The molecule has 40 heavy (non-hydrogen) atoms. The van der Waals surface area contributed by atoms with E-state index < -0.39 is 0 Å². The number of tetrazole rings is 1. The normalized spacial score (nSPS) is 11.6. The van der Waals surface area contributed by atoms with Crippen molar-refractivity contribution in [2.24, 2.45) is 7.05 Å².